The number of para-hydroxylation sites is 2. The molecule has 1 aliphatic heterocycles. The number of aldehydes is 1. The second-order valence-corrected chi connectivity index (χ2v) is 16.7. The lowest BCUT2D eigenvalue weighted by molar-refractivity contribution is -0.0430. The Kier molecular flexibility index (Phi) is 10.9. The largest absolute Gasteiger partial charge is 0.461 e. The van der Waals surface area contributed by atoms with Crippen molar-refractivity contribution in [3.8, 4) is 11.3 Å². The minimum absolute atomic E-state index is 0.243. The molecule has 0 aliphatic carbocycles. The highest BCUT2D eigenvalue weighted by atomic mass is 32.2. The van der Waals surface area contributed by atoms with Gasteiger partial charge in [0.2, 0.25) is 0 Å². The summed E-state index contributed by atoms with van der Waals surface area (Å²) < 4.78 is 72.6. The molecule has 0 bridgehead atoms. The molecule has 0 saturated carbocycles. The van der Waals surface area contributed by atoms with Crippen LogP contribution in [-0.4, -0.2) is 44.3 Å². The first-order valence-corrected chi connectivity index (χ1v) is 21.2. The van der Waals surface area contributed by atoms with Gasteiger partial charge in [0.1, 0.15) is 18.1 Å². The first kappa shape index (κ1) is 38.3. The number of ether oxygens (including phenoxy) is 2. The van der Waals surface area contributed by atoms with Gasteiger partial charge in [0.15, 0.2) is 12.1 Å². The van der Waals surface area contributed by atoms with Crippen molar-refractivity contribution in [3.05, 3.63) is 193 Å². The summed E-state index contributed by atoms with van der Waals surface area (Å²) in [4.78, 5) is 10.5. The normalized spacial score (nSPS) is 13.2. The van der Waals surface area contributed by atoms with E-state index < -0.39 is 26.3 Å². The van der Waals surface area contributed by atoms with Crippen molar-refractivity contribution in [2.45, 2.75) is 16.1 Å². The number of nitrogens with zero attached hydrogens (tertiary/aromatic N) is 2. The fourth-order valence-corrected chi connectivity index (χ4v) is 9.77. The minimum Gasteiger partial charge on any atom is -0.461 e. The average molecular weight is 809 g/mol. The van der Waals surface area contributed by atoms with E-state index in [0.717, 1.165) is 39.1 Å². The van der Waals surface area contributed by atoms with E-state index in [1.54, 1.807) is 91.3 Å². The van der Waals surface area contributed by atoms with Crippen molar-refractivity contribution in [1.82, 2.24) is 7.94 Å². The lowest BCUT2D eigenvalue weighted by atomic mass is 10.1. The molecular weight excluding hydrogens is 773 g/mol. The number of aromatic nitrogens is 2. The van der Waals surface area contributed by atoms with Gasteiger partial charge in [-0.05, 0) is 36.4 Å². The topological polar surface area (TPSA) is 127 Å². The van der Waals surface area contributed by atoms with Gasteiger partial charge < -0.3 is 13.9 Å². The van der Waals surface area contributed by atoms with Crippen molar-refractivity contribution >= 4 is 59.0 Å². The third-order valence-corrected chi connectivity index (χ3v) is 12.9. The summed E-state index contributed by atoms with van der Waals surface area (Å²) in [6, 6.07) is 50.4. The van der Waals surface area contributed by atoms with Gasteiger partial charge in [-0.2, -0.15) is 0 Å². The first-order valence-electron chi connectivity index (χ1n) is 18.3. The highest BCUT2D eigenvalue weighted by molar-refractivity contribution is 7.90. The summed E-state index contributed by atoms with van der Waals surface area (Å²) in [5.41, 5.74) is 4.11. The molecular formula is C46H36N2O8S2. The van der Waals surface area contributed by atoms with E-state index in [1.807, 2.05) is 91.0 Å². The molecule has 0 radical (unpaired) electrons. The smallest absolute Gasteiger partial charge is 0.268 e. The number of furan rings is 1. The lowest BCUT2D eigenvalue weighted by Crippen LogP contribution is -2.12. The third kappa shape index (κ3) is 7.37. The highest BCUT2D eigenvalue weighted by Gasteiger charge is 2.28. The van der Waals surface area contributed by atoms with Crippen molar-refractivity contribution in [2.24, 2.45) is 0 Å². The van der Waals surface area contributed by atoms with Gasteiger partial charge in [-0.15, -0.1) is 0 Å². The summed E-state index contributed by atoms with van der Waals surface area (Å²) in [5, 5.41) is 2.45. The number of benzene rings is 6. The van der Waals surface area contributed by atoms with Crippen molar-refractivity contribution in [1.29, 1.82) is 0 Å². The van der Waals surface area contributed by atoms with Crippen LogP contribution in [-0.2, 0) is 29.5 Å². The summed E-state index contributed by atoms with van der Waals surface area (Å²) in [6.45, 7) is 1.02. The average Bonchev–Trinajstić information content (AvgIpc) is 4.10. The quantitative estimate of drug-likeness (QED) is 0.146. The molecule has 0 atom stereocenters. The Balaban J connectivity index is 0.000000137. The van der Waals surface area contributed by atoms with E-state index in [-0.39, 0.29) is 9.79 Å². The van der Waals surface area contributed by atoms with Gasteiger partial charge in [-0.3, -0.25) is 4.79 Å². The monoisotopic (exact) mass is 808 g/mol. The maximum Gasteiger partial charge on any atom is 0.268 e. The number of carbonyl (C=O) groups is 1. The molecule has 0 N–H and O–H groups in total. The summed E-state index contributed by atoms with van der Waals surface area (Å²) in [7, 11) is -7.46. The molecule has 9 aromatic rings. The number of hydrogen-bond acceptors (Lipinski definition) is 8. The van der Waals surface area contributed by atoms with Crippen LogP contribution >= 0.6 is 0 Å². The van der Waals surface area contributed by atoms with Gasteiger partial charge >= 0.3 is 0 Å². The Morgan fingerprint density at radius 3 is 1.62 bits per heavy atom. The van der Waals surface area contributed by atoms with Crippen molar-refractivity contribution in [3.63, 3.8) is 0 Å². The Morgan fingerprint density at radius 2 is 1.03 bits per heavy atom. The third-order valence-electron chi connectivity index (χ3n) is 9.52. The molecule has 12 heteroatoms. The van der Waals surface area contributed by atoms with E-state index in [9.17, 15) is 21.6 Å². The van der Waals surface area contributed by atoms with Crippen LogP contribution in [0.2, 0.25) is 0 Å². The molecule has 6 aromatic carbocycles. The Labute approximate surface area is 335 Å². The van der Waals surface area contributed by atoms with Crippen LogP contribution < -0.4 is 0 Å². The molecule has 3 aromatic heterocycles. The number of fused-ring (bicyclic) bond motifs is 4. The zero-order valence-electron chi connectivity index (χ0n) is 30.9. The molecule has 58 heavy (non-hydrogen) atoms. The maximum absolute atomic E-state index is 13.5. The van der Waals surface area contributed by atoms with E-state index in [0.29, 0.717) is 35.5 Å². The van der Waals surface area contributed by atoms with Gasteiger partial charge in [-0.25, -0.2) is 24.8 Å². The van der Waals surface area contributed by atoms with Crippen molar-refractivity contribution < 1.29 is 35.5 Å². The van der Waals surface area contributed by atoms with Crippen molar-refractivity contribution in [2.75, 3.05) is 13.2 Å². The molecule has 4 heterocycles. The molecule has 1 aliphatic rings. The Hall–Kier alpha value is -6.57. The summed E-state index contributed by atoms with van der Waals surface area (Å²) in [6.07, 6.45) is 3.55. The van der Waals surface area contributed by atoms with Crippen LogP contribution in [0.3, 0.4) is 0 Å². The van der Waals surface area contributed by atoms with Crippen LogP contribution in [0.4, 0.5) is 0 Å². The van der Waals surface area contributed by atoms with E-state index in [1.165, 1.54) is 7.94 Å². The molecule has 1 fully saturated rings. The number of carbonyl (C=O) groups excluding carboxylic acids is 1. The zero-order chi connectivity index (χ0) is 40.1. The molecule has 10 nitrogen and oxygen atoms in total. The molecule has 0 unspecified atom stereocenters. The zero-order valence-corrected chi connectivity index (χ0v) is 32.5. The minimum atomic E-state index is -3.79. The predicted octanol–water partition coefficient (Wildman–Crippen LogP) is 9.71. The Bertz CT molecular complexity index is 3050. The summed E-state index contributed by atoms with van der Waals surface area (Å²) in [5.74, 6) is 0.543. The number of rotatable bonds is 7. The predicted molar refractivity (Wildman–Crippen MR) is 224 cm³/mol. The lowest BCUT2D eigenvalue weighted by Gasteiger charge is -2.10. The van der Waals surface area contributed by atoms with E-state index in [4.69, 9.17) is 13.9 Å². The van der Waals surface area contributed by atoms with Gasteiger partial charge in [0.25, 0.3) is 20.0 Å². The molecule has 290 valence electrons. The summed E-state index contributed by atoms with van der Waals surface area (Å²) >= 11 is 0. The molecule has 0 spiro atoms. The molecule has 10 rings (SSSR count). The van der Waals surface area contributed by atoms with Crippen LogP contribution in [0, 0.1) is 0 Å². The Morgan fingerprint density at radius 1 is 0.534 bits per heavy atom. The van der Waals surface area contributed by atoms with Gasteiger partial charge in [0, 0.05) is 39.0 Å². The van der Waals surface area contributed by atoms with Crippen LogP contribution in [0.25, 0.3) is 44.0 Å². The second kappa shape index (κ2) is 16.5. The van der Waals surface area contributed by atoms with Gasteiger partial charge in [0.05, 0.1) is 34.0 Å². The fraction of sp³-hybridized carbons (Fsp3) is 0.0652. The first-order chi connectivity index (χ1) is 28.3. The van der Waals surface area contributed by atoms with Crippen LogP contribution in [0.5, 0.6) is 0 Å². The van der Waals surface area contributed by atoms with E-state index in [2.05, 4.69) is 0 Å². The second-order valence-electron chi connectivity index (χ2n) is 13.1. The fourth-order valence-electron chi connectivity index (χ4n) is 6.82. The maximum atomic E-state index is 13.5. The van der Waals surface area contributed by atoms with Crippen LogP contribution in [0.1, 0.15) is 22.2 Å². The van der Waals surface area contributed by atoms with Gasteiger partial charge in [-0.1, -0.05) is 133 Å². The highest BCUT2D eigenvalue weighted by Crippen LogP contribution is 2.40. The molecule has 1 saturated heterocycles. The number of hydrogen-bond donors (Lipinski definition) is 0. The molecule has 0 amide bonds. The van der Waals surface area contributed by atoms with Crippen LogP contribution in [0.15, 0.2) is 197 Å². The standard InChI is InChI=1S/C22H15NO3S.C17H15NO4S.C7H6O/c24-27(25,17-11-5-2-6-12-17)23-20-14-8-7-13-18(20)19-15-26-22(21(19)23)16-9-3-1-4-10-16;19-23(20,13-6-2-1-3-7-13)18-12-15(17-21-10-11-22-17)14-8-4-5-9-16(14)18;8-6-7-4-2-1-3-5-7/h1-15H;1-9,12,17H,10-11H2;1-6H. The van der Waals surface area contributed by atoms with E-state index >= 15 is 0 Å². The SMILES string of the molecule is O=Cc1ccccc1.O=S(=O)(c1ccccc1)n1c2ccccc2c2coc(-c3ccccc3)c21.O=S(=O)(c1ccccc1)n1cc(C2OCCO2)c2ccccc21.